The average Bonchev–Trinajstić information content (AvgIpc) is 3.45. The molecule has 0 fully saturated rings. The molecule has 0 unspecified atom stereocenters. The van der Waals surface area contributed by atoms with Gasteiger partial charge in [0.1, 0.15) is 0 Å². The van der Waals surface area contributed by atoms with Crippen molar-refractivity contribution in [1.29, 1.82) is 0 Å². The Hall–Kier alpha value is -7.49. The summed E-state index contributed by atoms with van der Waals surface area (Å²) in [6, 6.07) is 112. The molecule has 5 heteroatoms. The summed E-state index contributed by atoms with van der Waals surface area (Å²) in [5.41, 5.74) is 10.5. The lowest BCUT2D eigenvalue weighted by Gasteiger charge is -2.42. The normalized spacial score (nSPS) is 12.3. The first kappa shape index (κ1) is 45.3. The maximum atomic E-state index is 8.92. The average molecular weight is 951 g/mol. The van der Waals surface area contributed by atoms with Gasteiger partial charge in [0.15, 0.2) is 16.1 Å². The van der Waals surface area contributed by atoms with Gasteiger partial charge in [-0.05, 0) is 51.9 Å². The van der Waals surface area contributed by atoms with E-state index < -0.39 is 32.8 Å². The Morgan fingerprint density at radius 3 is 0.478 bits per heavy atom. The maximum Gasteiger partial charge on any atom is 0.270 e. The van der Waals surface area contributed by atoms with Gasteiger partial charge in [0.05, 0.1) is 0 Å². The van der Waals surface area contributed by atoms with E-state index in [-0.39, 0.29) is 0 Å². The molecule has 0 radical (unpaired) electrons. The molecule has 0 heterocycles. The zero-order valence-electron chi connectivity index (χ0n) is 38.6. The van der Waals surface area contributed by atoms with Gasteiger partial charge in [0.25, 0.3) is 16.6 Å². The monoisotopic (exact) mass is 950 g/mol. The summed E-state index contributed by atoms with van der Waals surface area (Å²) in [6.07, 6.45) is 0. The van der Waals surface area contributed by atoms with Crippen molar-refractivity contribution in [2.24, 2.45) is 0 Å². The third-order valence-electron chi connectivity index (χ3n) is 13.6. The van der Waals surface area contributed by atoms with Crippen molar-refractivity contribution in [2.75, 3.05) is 0 Å². The van der Waals surface area contributed by atoms with E-state index in [1.165, 1.54) is 51.9 Å². The van der Waals surface area contributed by atoms with E-state index >= 15 is 0 Å². The van der Waals surface area contributed by atoms with Crippen molar-refractivity contribution in [2.45, 2.75) is 0 Å². The van der Waals surface area contributed by atoms with Crippen molar-refractivity contribution in [3.05, 3.63) is 326 Å². The minimum atomic E-state index is -3.51. The van der Waals surface area contributed by atoms with Gasteiger partial charge in [-0.1, -0.05) is 326 Å². The third-order valence-corrected chi connectivity index (χ3v) is 31.7. The molecule has 0 N–H and O–H groups in total. The predicted molar refractivity (Wildman–Crippen MR) is 303 cm³/mol. The van der Waals surface area contributed by atoms with E-state index in [1.54, 1.807) is 0 Å². The highest BCUT2D eigenvalue weighted by atomic mass is 28.4. The van der Waals surface area contributed by atoms with Crippen LogP contribution in [0.1, 0.15) is 0 Å². The van der Waals surface area contributed by atoms with Crippen LogP contribution in [0.3, 0.4) is 0 Å². The van der Waals surface area contributed by atoms with Gasteiger partial charge in [-0.25, -0.2) is 0 Å². The Bertz CT molecular complexity index is 2700. The van der Waals surface area contributed by atoms with Crippen LogP contribution < -0.4 is 51.9 Å². The van der Waals surface area contributed by atoms with Gasteiger partial charge in [-0.15, -0.1) is 0 Å². The minimum Gasteiger partial charge on any atom is -0.436 e. The van der Waals surface area contributed by atoms with Crippen molar-refractivity contribution < 1.29 is 4.12 Å². The SMILES string of the molecule is C(=C\[Si](c1ccccc1)(c1ccccc1)c1ccccc1)/[Si](O[Si](/C=C/[Si](c1ccccc1)(c1ccccc1)c1ccccc1)(c1ccccc1)c1ccccc1)(c1ccccc1)c1ccccc1. The first-order valence-corrected chi connectivity index (χ1v) is 32.0. The summed E-state index contributed by atoms with van der Waals surface area (Å²) in [6.45, 7) is 0. The molecule has 69 heavy (non-hydrogen) atoms. The largest absolute Gasteiger partial charge is 0.436 e. The smallest absolute Gasteiger partial charge is 0.270 e. The van der Waals surface area contributed by atoms with Crippen molar-refractivity contribution in [1.82, 2.24) is 0 Å². The standard InChI is InChI=1S/C64H54OSi4/c1-11-31-55(32-12-1)66(56-33-13-2-14-34-56,57-35-15-3-16-36-57)51-53-68(61-43-23-7-24-44-61,62-45-25-8-26-46-62)65-69(63-47-27-9-28-48-63,64-49-29-10-30-50-64)54-52-67(58-37-17-4-18-38-58,59-39-19-5-20-40-59)60-41-21-6-22-42-60/h1-54H/b53-51+,54-52+. The molecule has 0 atom stereocenters. The van der Waals surface area contributed by atoms with Crippen LogP contribution in [0, 0.1) is 0 Å². The second kappa shape index (κ2) is 20.8. The van der Waals surface area contributed by atoms with Crippen LogP contribution in [-0.2, 0) is 4.12 Å². The van der Waals surface area contributed by atoms with Crippen LogP contribution >= 0.6 is 0 Å². The molecule has 0 saturated heterocycles. The molecule has 0 spiro atoms. The fourth-order valence-electron chi connectivity index (χ4n) is 10.3. The van der Waals surface area contributed by atoms with Crippen LogP contribution in [0.2, 0.25) is 0 Å². The Kier molecular flexibility index (Phi) is 13.7. The van der Waals surface area contributed by atoms with E-state index in [0.29, 0.717) is 0 Å². The predicted octanol–water partition coefficient (Wildman–Crippen LogP) is 8.13. The van der Waals surface area contributed by atoms with Gasteiger partial charge in [-0.3, -0.25) is 0 Å². The number of benzene rings is 10. The lowest BCUT2D eigenvalue weighted by Crippen LogP contribution is -2.73. The molecule has 0 aliphatic heterocycles. The van der Waals surface area contributed by atoms with Gasteiger partial charge in [-0.2, -0.15) is 0 Å². The number of hydrogen-bond donors (Lipinski definition) is 0. The van der Waals surface area contributed by atoms with Crippen LogP contribution in [0.5, 0.6) is 0 Å². The lowest BCUT2D eigenvalue weighted by atomic mass is 10.3. The fourth-order valence-corrected chi connectivity index (χ4v) is 30.3. The fraction of sp³-hybridized carbons (Fsp3) is 0. The lowest BCUT2D eigenvalue weighted by molar-refractivity contribution is 0.598. The van der Waals surface area contributed by atoms with Crippen molar-refractivity contribution in [3.63, 3.8) is 0 Å². The van der Waals surface area contributed by atoms with E-state index in [1.807, 2.05) is 0 Å². The Morgan fingerprint density at radius 2 is 0.319 bits per heavy atom. The summed E-state index contributed by atoms with van der Waals surface area (Å²) < 4.78 is 8.92. The van der Waals surface area contributed by atoms with Gasteiger partial charge >= 0.3 is 0 Å². The molecule has 0 aliphatic carbocycles. The molecule has 0 saturated carbocycles. The Balaban J connectivity index is 1.33. The minimum absolute atomic E-state index is 1.19. The molecular weight excluding hydrogens is 897 g/mol. The Labute approximate surface area is 412 Å². The summed E-state index contributed by atoms with van der Waals surface area (Å²) >= 11 is 0. The highest BCUT2D eigenvalue weighted by molar-refractivity contribution is 7.19. The first-order valence-electron chi connectivity index (χ1n) is 23.8. The van der Waals surface area contributed by atoms with E-state index in [2.05, 4.69) is 326 Å². The highest BCUT2D eigenvalue weighted by Crippen LogP contribution is 2.24. The molecule has 1 nitrogen and oxygen atoms in total. The van der Waals surface area contributed by atoms with Crippen molar-refractivity contribution in [3.8, 4) is 0 Å². The maximum absolute atomic E-state index is 8.92. The third kappa shape index (κ3) is 8.91. The molecule has 0 aliphatic rings. The van der Waals surface area contributed by atoms with Crippen molar-refractivity contribution >= 4 is 84.6 Å². The molecule has 10 rings (SSSR count). The van der Waals surface area contributed by atoms with Crippen LogP contribution in [0.15, 0.2) is 326 Å². The Morgan fingerprint density at radius 1 is 0.174 bits per heavy atom. The van der Waals surface area contributed by atoms with Crippen LogP contribution in [0.4, 0.5) is 0 Å². The number of rotatable bonds is 16. The zero-order chi connectivity index (χ0) is 46.7. The first-order chi connectivity index (χ1) is 34.2. The molecule has 10 aromatic rings. The second-order valence-corrected chi connectivity index (χ2v) is 31.6. The van der Waals surface area contributed by atoms with E-state index in [4.69, 9.17) is 4.12 Å². The van der Waals surface area contributed by atoms with E-state index in [0.717, 1.165) is 0 Å². The topological polar surface area (TPSA) is 9.23 Å². The number of hydrogen-bond acceptors (Lipinski definition) is 1. The summed E-state index contributed by atoms with van der Waals surface area (Å²) in [7, 11) is -12.9. The van der Waals surface area contributed by atoms with Crippen LogP contribution in [-0.4, -0.2) is 32.8 Å². The summed E-state index contributed by atoms with van der Waals surface area (Å²) in [5.74, 6) is 0. The van der Waals surface area contributed by atoms with Gasteiger partial charge in [0, 0.05) is 0 Å². The summed E-state index contributed by atoms with van der Waals surface area (Å²) in [5, 5.41) is 12.7. The van der Waals surface area contributed by atoms with E-state index in [9.17, 15) is 0 Å². The molecule has 0 aromatic heterocycles. The summed E-state index contributed by atoms with van der Waals surface area (Å²) in [4.78, 5) is 0. The quantitative estimate of drug-likeness (QED) is 0.0703. The highest BCUT2D eigenvalue weighted by Gasteiger charge is 2.50. The molecular formula is C64H54OSi4. The van der Waals surface area contributed by atoms with Crippen LogP contribution in [0.25, 0.3) is 0 Å². The zero-order valence-corrected chi connectivity index (χ0v) is 42.6. The molecule has 0 amide bonds. The molecule has 0 bridgehead atoms. The molecule has 332 valence electrons. The second-order valence-electron chi connectivity index (χ2n) is 17.5. The van der Waals surface area contributed by atoms with Gasteiger partial charge < -0.3 is 4.12 Å². The van der Waals surface area contributed by atoms with Gasteiger partial charge in [0.2, 0.25) is 0 Å². The molecule has 10 aromatic carbocycles.